The summed E-state index contributed by atoms with van der Waals surface area (Å²) in [5.74, 6) is -2.08. The molecule has 2 N–H and O–H groups in total. The van der Waals surface area contributed by atoms with Crippen LogP contribution in [0.15, 0.2) is 60.5 Å². The maximum absolute atomic E-state index is 15.9. The molecule has 45 heavy (non-hydrogen) atoms. The van der Waals surface area contributed by atoms with Crippen molar-refractivity contribution in [2.75, 3.05) is 19.8 Å². The maximum Gasteiger partial charge on any atom is 0.251 e. The van der Waals surface area contributed by atoms with E-state index in [9.17, 15) is 19.1 Å². The highest BCUT2D eigenvalue weighted by Crippen LogP contribution is 2.47. The zero-order chi connectivity index (χ0) is 31.4. The number of hydrogen-bond acceptors (Lipinski definition) is 7. The Morgan fingerprint density at radius 1 is 1.18 bits per heavy atom. The smallest absolute Gasteiger partial charge is 0.251 e. The van der Waals surface area contributed by atoms with E-state index in [0.717, 1.165) is 34.3 Å². The zero-order valence-corrected chi connectivity index (χ0v) is 25.0. The van der Waals surface area contributed by atoms with E-state index >= 15 is 4.39 Å². The van der Waals surface area contributed by atoms with E-state index < -0.39 is 11.6 Å². The quantitative estimate of drug-likeness (QED) is 0.232. The number of ether oxygens (including phenoxy) is 1. The number of nitrogens with one attached hydrogen (secondary N) is 1. The van der Waals surface area contributed by atoms with Gasteiger partial charge in [-0.2, -0.15) is 5.10 Å². The Balaban J connectivity index is 1.50. The van der Waals surface area contributed by atoms with Crippen LogP contribution in [0.2, 0.25) is 0 Å². The normalized spacial score (nSPS) is 15.6. The average molecular weight is 628 g/mol. The monoisotopic (exact) mass is 627 g/mol. The molecule has 1 unspecified atom stereocenters. The largest absolute Gasteiger partial charge is 0.490 e. The lowest BCUT2D eigenvalue weighted by Crippen LogP contribution is -2.40. The number of carbonyl (C=O) groups excluding carboxylic acids is 2. The van der Waals surface area contributed by atoms with Crippen molar-refractivity contribution in [3.8, 4) is 39.5 Å². The van der Waals surface area contributed by atoms with Crippen molar-refractivity contribution in [2.24, 2.45) is 0 Å². The van der Waals surface area contributed by atoms with Gasteiger partial charge in [0.1, 0.15) is 35.4 Å². The first-order valence-corrected chi connectivity index (χ1v) is 15.2. The summed E-state index contributed by atoms with van der Waals surface area (Å²) in [7, 11) is 0. The van der Waals surface area contributed by atoms with Crippen LogP contribution in [0, 0.1) is 11.6 Å². The number of aliphatic hydroxyl groups excluding tert-OH is 1. The number of nitrogens with zero attached hydrogens (tertiary/aromatic N) is 4. The molecule has 7 rings (SSSR count). The lowest BCUT2D eigenvalue weighted by Gasteiger charge is -2.33. The van der Waals surface area contributed by atoms with Crippen LogP contribution in [0.1, 0.15) is 34.6 Å². The Kier molecular flexibility index (Phi) is 7.17. The molecule has 5 heterocycles. The summed E-state index contributed by atoms with van der Waals surface area (Å²) in [5, 5.41) is 19.8. The fourth-order valence-electron chi connectivity index (χ4n) is 6.14. The minimum absolute atomic E-state index is 0.00224. The SMILES string of the molecule is C=CC(=O)N1CCn2nc(-c3nc(-c4ccc5c(c4)CNC5=O)c4ccsc4c3-c3c(F)cc(F)cc3OCCO)cc2C1C. The predicted molar refractivity (Wildman–Crippen MR) is 166 cm³/mol. The van der Waals surface area contributed by atoms with Gasteiger partial charge >= 0.3 is 0 Å². The van der Waals surface area contributed by atoms with Crippen LogP contribution in [0.5, 0.6) is 5.75 Å². The Labute approximate surface area is 260 Å². The molecule has 0 bridgehead atoms. The Morgan fingerprint density at radius 3 is 2.82 bits per heavy atom. The van der Waals surface area contributed by atoms with Gasteiger partial charge in [0.05, 0.1) is 36.1 Å². The van der Waals surface area contributed by atoms with Crippen molar-refractivity contribution >= 4 is 33.2 Å². The first-order valence-electron chi connectivity index (χ1n) is 14.4. The van der Waals surface area contributed by atoms with Crippen molar-refractivity contribution in [3.05, 3.63) is 89.0 Å². The van der Waals surface area contributed by atoms with Crippen LogP contribution in [-0.2, 0) is 17.9 Å². The second-order valence-corrected chi connectivity index (χ2v) is 11.7. The van der Waals surface area contributed by atoms with Crippen LogP contribution in [0.3, 0.4) is 0 Å². The van der Waals surface area contributed by atoms with Crippen molar-refractivity contribution in [1.29, 1.82) is 0 Å². The van der Waals surface area contributed by atoms with Crippen LogP contribution < -0.4 is 10.1 Å². The third kappa shape index (κ3) is 4.77. The number of halogens is 2. The number of pyridine rings is 1. The van der Waals surface area contributed by atoms with Gasteiger partial charge in [-0.3, -0.25) is 14.3 Å². The van der Waals surface area contributed by atoms with Gasteiger partial charge in [0.15, 0.2) is 0 Å². The molecule has 0 radical (unpaired) electrons. The molecule has 2 aliphatic heterocycles. The van der Waals surface area contributed by atoms with E-state index in [1.807, 2.05) is 41.3 Å². The van der Waals surface area contributed by atoms with E-state index in [2.05, 4.69) is 11.9 Å². The van der Waals surface area contributed by atoms with Crippen LogP contribution in [0.4, 0.5) is 8.78 Å². The number of aliphatic hydroxyl groups is 1. The second kappa shape index (κ2) is 11.2. The lowest BCUT2D eigenvalue weighted by atomic mass is 9.95. The first-order chi connectivity index (χ1) is 21.8. The van der Waals surface area contributed by atoms with Gasteiger partial charge in [0.2, 0.25) is 5.91 Å². The van der Waals surface area contributed by atoms with E-state index in [4.69, 9.17) is 14.8 Å². The van der Waals surface area contributed by atoms with Gasteiger partial charge < -0.3 is 20.1 Å². The Morgan fingerprint density at radius 2 is 2.02 bits per heavy atom. The van der Waals surface area contributed by atoms with Crippen molar-refractivity contribution in [2.45, 2.75) is 26.1 Å². The van der Waals surface area contributed by atoms with Crippen molar-refractivity contribution < 1.29 is 28.2 Å². The summed E-state index contributed by atoms with van der Waals surface area (Å²) in [6.45, 7) is 6.27. The highest BCUT2D eigenvalue weighted by molar-refractivity contribution is 7.18. The topological polar surface area (TPSA) is 110 Å². The molecule has 0 saturated carbocycles. The predicted octanol–water partition coefficient (Wildman–Crippen LogP) is 5.48. The van der Waals surface area contributed by atoms with Crippen LogP contribution in [0.25, 0.3) is 43.9 Å². The number of aromatic nitrogens is 3. The average Bonchev–Trinajstić information content (AvgIpc) is 3.78. The third-order valence-electron chi connectivity index (χ3n) is 8.25. The molecule has 5 aromatic rings. The molecule has 9 nitrogen and oxygen atoms in total. The number of fused-ring (bicyclic) bond motifs is 3. The number of hydrogen-bond donors (Lipinski definition) is 2. The Hall–Kier alpha value is -4.94. The molecule has 0 saturated heterocycles. The summed E-state index contributed by atoms with van der Waals surface area (Å²) in [6.07, 6.45) is 1.28. The lowest BCUT2D eigenvalue weighted by molar-refractivity contribution is -0.129. The van der Waals surface area contributed by atoms with Gasteiger partial charge in [-0.15, -0.1) is 11.3 Å². The van der Waals surface area contributed by atoms with Crippen molar-refractivity contribution in [3.63, 3.8) is 0 Å². The summed E-state index contributed by atoms with van der Waals surface area (Å²) in [6, 6.07) is 10.8. The third-order valence-corrected chi connectivity index (χ3v) is 9.18. The molecule has 3 aromatic heterocycles. The van der Waals surface area contributed by atoms with Crippen LogP contribution >= 0.6 is 11.3 Å². The van der Waals surface area contributed by atoms with E-state index in [0.29, 0.717) is 52.5 Å². The molecule has 0 fully saturated rings. The molecule has 1 atom stereocenters. The molecule has 228 valence electrons. The van der Waals surface area contributed by atoms with Gasteiger partial charge in [-0.1, -0.05) is 12.6 Å². The maximum atomic E-state index is 15.9. The summed E-state index contributed by atoms with van der Waals surface area (Å²) in [4.78, 5) is 31.6. The summed E-state index contributed by atoms with van der Waals surface area (Å²) >= 11 is 1.37. The summed E-state index contributed by atoms with van der Waals surface area (Å²) in [5.41, 5.74) is 4.72. The molecule has 2 aliphatic rings. The Bertz CT molecular complexity index is 2040. The van der Waals surface area contributed by atoms with Gasteiger partial charge in [-0.05, 0) is 48.2 Å². The molecular formula is C33H27F2N5O4S. The van der Waals surface area contributed by atoms with E-state index in [1.54, 1.807) is 11.0 Å². The molecule has 12 heteroatoms. The fourth-order valence-corrected chi connectivity index (χ4v) is 7.09. The molecule has 0 aliphatic carbocycles. The summed E-state index contributed by atoms with van der Waals surface area (Å²) < 4.78 is 38.6. The van der Waals surface area contributed by atoms with E-state index in [1.165, 1.54) is 17.4 Å². The highest BCUT2D eigenvalue weighted by Gasteiger charge is 2.31. The molecule has 2 amide bonds. The van der Waals surface area contributed by atoms with Gasteiger partial charge in [-0.25, -0.2) is 13.8 Å². The standard InChI is InChI=1S/C33H27F2N5O4S/c1-3-27(42)39-7-8-40-25(17(39)2)15-24(38-40)31-29(28-23(35)13-20(34)14-26(28)44-10-9-41)32-22(6-11-45-32)30(37-31)18-4-5-21-19(12-18)16-36-33(21)43/h3-6,11-15,17,41H,1,7-10,16H2,2H3,(H,36,43). The minimum atomic E-state index is -0.851. The number of rotatable bonds is 7. The first kappa shape index (κ1) is 28.8. The fraction of sp³-hybridized carbons (Fsp3) is 0.212. The zero-order valence-electron chi connectivity index (χ0n) is 24.1. The number of thiophene rings is 1. The molecular weight excluding hydrogens is 600 g/mol. The number of benzene rings is 2. The van der Waals surface area contributed by atoms with Crippen LogP contribution in [-0.4, -0.2) is 56.3 Å². The minimum Gasteiger partial charge on any atom is -0.490 e. The molecule has 0 spiro atoms. The van der Waals surface area contributed by atoms with Gasteiger partial charge in [0.25, 0.3) is 5.91 Å². The van der Waals surface area contributed by atoms with Gasteiger partial charge in [0, 0.05) is 52.0 Å². The van der Waals surface area contributed by atoms with E-state index in [-0.39, 0.29) is 42.4 Å². The molecule has 2 aromatic carbocycles. The number of amides is 2. The second-order valence-electron chi connectivity index (χ2n) is 10.8. The number of carbonyl (C=O) groups is 2. The highest BCUT2D eigenvalue weighted by atomic mass is 32.1. The van der Waals surface area contributed by atoms with Crippen molar-refractivity contribution in [1.82, 2.24) is 25.0 Å².